The average Bonchev–Trinajstić information content (AvgIpc) is 2.38. The van der Waals surface area contributed by atoms with Crippen molar-refractivity contribution in [2.45, 2.75) is 50.8 Å². The van der Waals surface area contributed by atoms with Crippen LogP contribution in [0.25, 0.3) is 0 Å². The molecular weight excluding hydrogens is 258 g/mol. The molecule has 1 N–H and O–H groups in total. The maximum absolute atomic E-state index is 11.9. The zero-order valence-corrected chi connectivity index (χ0v) is 12.4. The summed E-state index contributed by atoms with van der Waals surface area (Å²) in [6.07, 6.45) is 5.30. The minimum atomic E-state index is -3.50. The van der Waals surface area contributed by atoms with Crippen molar-refractivity contribution in [1.29, 1.82) is 0 Å². The lowest BCUT2D eigenvalue weighted by Crippen LogP contribution is -2.18. The molecule has 0 aromatic heterocycles. The SMILES string of the molecule is CCCCCCC#CNS(=O)(=O)c1ccc(C)cc1. The second-order valence-corrected chi connectivity index (χ2v) is 6.21. The molecule has 0 atom stereocenters. The largest absolute Gasteiger partial charge is 0.268 e. The zero-order chi connectivity index (χ0) is 14.1. The monoisotopic (exact) mass is 279 g/mol. The van der Waals surface area contributed by atoms with Gasteiger partial charge in [0.1, 0.15) is 0 Å². The van der Waals surface area contributed by atoms with Gasteiger partial charge in [-0.1, -0.05) is 49.8 Å². The van der Waals surface area contributed by atoms with Gasteiger partial charge in [-0.25, -0.2) is 13.1 Å². The third kappa shape index (κ3) is 5.80. The van der Waals surface area contributed by atoms with Gasteiger partial charge >= 0.3 is 0 Å². The third-order valence-electron chi connectivity index (χ3n) is 2.76. The summed E-state index contributed by atoms with van der Waals surface area (Å²) in [7, 11) is -3.50. The van der Waals surface area contributed by atoms with Crippen LogP contribution in [0.4, 0.5) is 0 Å². The molecule has 1 rings (SSSR count). The lowest BCUT2D eigenvalue weighted by Gasteiger charge is -2.02. The predicted octanol–water partition coefficient (Wildman–Crippen LogP) is 3.20. The van der Waals surface area contributed by atoms with E-state index in [1.807, 2.05) is 6.92 Å². The van der Waals surface area contributed by atoms with E-state index in [9.17, 15) is 8.42 Å². The predicted molar refractivity (Wildman–Crippen MR) is 78.0 cm³/mol. The van der Waals surface area contributed by atoms with E-state index in [1.165, 1.54) is 12.8 Å². The first-order chi connectivity index (χ1) is 9.06. The number of sulfonamides is 1. The molecule has 3 nitrogen and oxygen atoms in total. The van der Waals surface area contributed by atoms with Crippen LogP contribution >= 0.6 is 0 Å². The summed E-state index contributed by atoms with van der Waals surface area (Å²) in [5, 5.41) is 0. The van der Waals surface area contributed by atoms with E-state index >= 15 is 0 Å². The Bertz CT molecular complexity index is 536. The van der Waals surface area contributed by atoms with Crippen molar-refractivity contribution in [2.75, 3.05) is 0 Å². The van der Waals surface area contributed by atoms with Gasteiger partial charge < -0.3 is 0 Å². The Labute approximate surface area is 116 Å². The molecule has 0 heterocycles. The Morgan fingerprint density at radius 3 is 2.42 bits per heavy atom. The van der Waals surface area contributed by atoms with E-state index in [1.54, 1.807) is 24.3 Å². The Morgan fingerprint density at radius 2 is 1.79 bits per heavy atom. The molecule has 0 radical (unpaired) electrons. The normalized spacial score (nSPS) is 10.6. The van der Waals surface area contributed by atoms with Crippen LogP contribution in [0.3, 0.4) is 0 Å². The summed E-state index contributed by atoms with van der Waals surface area (Å²) < 4.78 is 26.0. The second kappa shape index (κ2) is 7.85. The first kappa shape index (κ1) is 15.6. The molecule has 0 amide bonds. The number of nitrogens with one attached hydrogen (secondary N) is 1. The summed E-state index contributed by atoms with van der Waals surface area (Å²) in [6.45, 7) is 4.07. The van der Waals surface area contributed by atoms with Gasteiger partial charge in [-0.05, 0) is 25.5 Å². The van der Waals surface area contributed by atoms with E-state index in [0.29, 0.717) is 0 Å². The van der Waals surface area contributed by atoms with E-state index in [2.05, 4.69) is 23.6 Å². The van der Waals surface area contributed by atoms with Crippen LogP contribution < -0.4 is 4.72 Å². The van der Waals surface area contributed by atoms with Gasteiger partial charge in [0.25, 0.3) is 10.0 Å². The highest BCUT2D eigenvalue weighted by atomic mass is 32.2. The van der Waals surface area contributed by atoms with Gasteiger partial charge in [0.05, 0.1) is 4.90 Å². The summed E-state index contributed by atoms with van der Waals surface area (Å²) in [6, 6.07) is 9.24. The van der Waals surface area contributed by atoms with Crippen molar-refractivity contribution in [3.05, 3.63) is 29.8 Å². The van der Waals surface area contributed by atoms with Crippen molar-refractivity contribution in [3.8, 4) is 12.0 Å². The molecule has 0 unspecified atom stereocenters. The average molecular weight is 279 g/mol. The molecule has 0 bridgehead atoms. The summed E-state index contributed by atoms with van der Waals surface area (Å²) in [5.41, 5.74) is 1.03. The Hall–Kier alpha value is -1.47. The Balaban J connectivity index is 2.47. The first-order valence-corrected chi connectivity index (χ1v) is 8.11. The standard InChI is InChI=1S/C15H21NO2S/c1-3-4-5-6-7-8-13-16-19(17,18)15-11-9-14(2)10-12-15/h9-12,16H,3-7H2,1-2H3. The molecule has 0 saturated heterocycles. The highest BCUT2D eigenvalue weighted by Crippen LogP contribution is 2.09. The molecule has 4 heteroatoms. The van der Waals surface area contributed by atoms with Crippen LogP contribution in [-0.4, -0.2) is 8.42 Å². The quantitative estimate of drug-likeness (QED) is 0.494. The molecular formula is C15H21NO2S. The maximum atomic E-state index is 11.9. The summed E-state index contributed by atoms with van der Waals surface area (Å²) >= 11 is 0. The van der Waals surface area contributed by atoms with E-state index in [4.69, 9.17) is 0 Å². The molecule has 0 spiro atoms. The fourth-order valence-electron chi connectivity index (χ4n) is 1.58. The summed E-state index contributed by atoms with van der Waals surface area (Å²) in [5.74, 6) is 2.84. The van der Waals surface area contributed by atoms with Crippen LogP contribution in [0.15, 0.2) is 29.2 Å². The molecule has 1 aromatic rings. The lowest BCUT2D eigenvalue weighted by molar-refractivity contribution is 0.591. The van der Waals surface area contributed by atoms with Crippen LogP contribution in [0, 0.1) is 18.9 Å². The smallest absolute Gasteiger partial charge is 0.238 e. The van der Waals surface area contributed by atoms with Crippen molar-refractivity contribution in [2.24, 2.45) is 0 Å². The van der Waals surface area contributed by atoms with Crippen molar-refractivity contribution < 1.29 is 8.42 Å². The van der Waals surface area contributed by atoms with Gasteiger partial charge in [0.2, 0.25) is 0 Å². The molecule has 0 aliphatic rings. The fourth-order valence-corrected chi connectivity index (χ4v) is 2.40. The molecule has 0 fully saturated rings. The van der Waals surface area contributed by atoms with Gasteiger partial charge in [0.15, 0.2) is 0 Å². The topological polar surface area (TPSA) is 46.2 Å². The Kier molecular flexibility index (Phi) is 6.44. The maximum Gasteiger partial charge on any atom is 0.268 e. The number of rotatable bonds is 6. The number of benzene rings is 1. The molecule has 0 saturated carbocycles. The zero-order valence-electron chi connectivity index (χ0n) is 11.6. The molecule has 0 aliphatic carbocycles. The van der Waals surface area contributed by atoms with E-state index in [0.717, 1.165) is 24.8 Å². The fraction of sp³-hybridized carbons (Fsp3) is 0.467. The number of unbranched alkanes of at least 4 members (excludes halogenated alkanes) is 4. The van der Waals surface area contributed by atoms with Gasteiger partial charge in [-0.3, -0.25) is 0 Å². The molecule has 104 valence electrons. The van der Waals surface area contributed by atoms with Crippen molar-refractivity contribution in [3.63, 3.8) is 0 Å². The van der Waals surface area contributed by atoms with Crippen LogP contribution in [0.2, 0.25) is 0 Å². The van der Waals surface area contributed by atoms with Gasteiger partial charge in [-0.2, -0.15) is 0 Å². The third-order valence-corrected chi connectivity index (χ3v) is 4.02. The minimum absolute atomic E-state index is 0.249. The first-order valence-electron chi connectivity index (χ1n) is 6.62. The second-order valence-electron chi connectivity index (χ2n) is 4.53. The molecule has 0 aliphatic heterocycles. The van der Waals surface area contributed by atoms with Gasteiger partial charge in [-0.15, -0.1) is 0 Å². The number of aryl methyl sites for hydroxylation is 1. The van der Waals surface area contributed by atoms with Crippen molar-refractivity contribution in [1.82, 2.24) is 4.72 Å². The molecule has 19 heavy (non-hydrogen) atoms. The minimum Gasteiger partial charge on any atom is -0.238 e. The summed E-state index contributed by atoms with van der Waals surface area (Å²) in [4.78, 5) is 0.249. The van der Waals surface area contributed by atoms with Gasteiger partial charge in [0, 0.05) is 12.5 Å². The van der Waals surface area contributed by atoms with E-state index < -0.39 is 10.0 Å². The highest BCUT2D eigenvalue weighted by molar-refractivity contribution is 7.89. The van der Waals surface area contributed by atoms with Crippen molar-refractivity contribution >= 4 is 10.0 Å². The van der Waals surface area contributed by atoms with Crippen LogP contribution in [-0.2, 0) is 10.0 Å². The van der Waals surface area contributed by atoms with E-state index in [-0.39, 0.29) is 4.90 Å². The van der Waals surface area contributed by atoms with Crippen LogP contribution in [0.1, 0.15) is 44.6 Å². The Morgan fingerprint density at radius 1 is 1.11 bits per heavy atom. The van der Waals surface area contributed by atoms with Crippen LogP contribution in [0.5, 0.6) is 0 Å². The molecule has 1 aromatic carbocycles. The lowest BCUT2D eigenvalue weighted by atomic mass is 10.2. The number of hydrogen-bond donors (Lipinski definition) is 1. The highest BCUT2D eigenvalue weighted by Gasteiger charge is 2.10. The number of hydrogen-bond acceptors (Lipinski definition) is 2.